The van der Waals surface area contributed by atoms with E-state index >= 15 is 0 Å². The Labute approximate surface area is 194 Å². The van der Waals surface area contributed by atoms with Crippen LogP contribution in [0.15, 0.2) is 52.7 Å². The second-order valence-electron chi connectivity index (χ2n) is 7.24. The molecule has 0 aliphatic heterocycles. The third-order valence-electron chi connectivity index (χ3n) is 4.85. The van der Waals surface area contributed by atoms with E-state index in [1.807, 2.05) is 47.8 Å². The first-order chi connectivity index (χ1) is 15.6. The summed E-state index contributed by atoms with van der Waals surface area (Å²) in [4.78, 5) is 29.8. The molecule has 0 saturated heterocycles. The number of aromatic nitrogens is 1. The van der Waals surface area contributed by atoms with Gasteiger partial charge in [0.2, 0.25) is 11.8 Å². The molecule has 7 nitrogen and oxygen atoms in total. The van der Waals surface area contributed by atoms with Crippen LogP contribution in [-0.2, 0) is 9.59 Å². The number of carbonyl (C=O) groups is 2. The van der Waals surface area contributed by atoms with Crippen molar-refractivity contribution in [1.82, 2.24) is 4.98 Å². The highest BCUT2D eigenvalue weighted by Gasteiger charge is 2.29. The van der Waals surface area contributed by atoms with E-state index in [2.05, 4.69) is 15.6 Å². The van der Waals surface area contributed by atoms with Crippen LogP contribution in [0.25, 0.3) is 11.3 Å². The van der Waals surface area contributed by atoms with Crippen LogP contribution in [0.3, 0.4) is 0 Å². The lowest BCUT2D eigenvalue weighted by atomic mass is 10.1. The molecule has 0 atom stereocenters. The lowest BCUT2D eigenvalue weighted by molar-refractivity contribution is -0.117. The van der Waals surface area contributed by atoms with E-state index in [0.29, 0.717) is 16.6 Å². The Morgan fingerprint density at radius 1 is 1.09 bits per heavy atom. The van der Waals surface area contributed by atoms with Crippen LogP contribution >= 0.6 is 23.1 Å². The molecule has 2 N–H and O–H groups in total. The second kappa shape index (κ2) is 10.1. The minimum absolute atomic E-state index is 0.0685. The van der Waals surface area contributed by atoms with Crippen LogP contribution in [0, 0.1) is 5.92 Å². The third kappa shape index (κ3) is 5.60. The van der Waals surface area contributed by atoms with E-state index < -0.39 is 0 Å². The van der Waals surface area contributed by atoms with Gasteiger partial charge in [0.25, 0.3) is 0 Å². The summed E-state index contributed by atoms with van der Waals surface area (Å²) < 4.78 is 10.6. The molecule has 0 bridgehead atoms. The molecule has 1 aromatic heterocycles. The number of thioether (sulfide) groups is 1. The zero-order valence-corrected chi connectivity index (χ0v) is 19.3. The number of hydrogen-bond donors (Lipinski definition) is 2. The number of nitrogens with one attached hydrogen (secondary N) is 2. The van der Waals surface area contributed by atoms with Gasteiger partial charge in [-0.15, -0.1) is 23.1 Å². The fourth-order valence-electron chi connectivity index (χ4n) is 3.02. The first-order valence-electron chi connectivity index (χ1n) is 10.1. The van der Waals surface area contributed by atoms with Crippen molar-refractivity contribution in [3.8, 4) is 22.8 Å². The number of hydrogen-bond acceptors (Lipinski definition) is 7. The van der Waals surface area contributed by atoms with E-state index in [0.717, 1.165) is 34.7 Å². The van der Waals surface area contributed by atoms with E-state index in [9.17, 15) is 9.59 Å². The average Bonchev–Trinajstić information content (AvgIpc) is 3.57. The lowest BCUT2D eigenvalue weighted by Gasteiger charge is -2.08. The quantitative estimate of drug-likeness (QED) is 0.433. The molecule has 2 amide bonds. The number of nitrogens with zero attached hydrogens (tertiary/aromatic N) is 1. The average molecular weight is 470 g/mol. The molecule has 4 rings (SSSR count). The largest absolute Gasteiger partial charge is 0.493 e. The molecular formula is C23H23N3O4S2. The monoisotopic (exact) mass is 469 g/mol. The molecule has 1 aliphatic rings. The van der Waals surface area contributed by atoms with E-state index in [1.165, 1.54) is 23.1 Å². The van der Waals surface area contributed by atoms with Crippen molar-refractivity contribution in [1.29, 1.82) is 0 Å². The number of benzene rings is 2. The number of thiazole rings is 1. The Kier molecular flexibility index (Phi) is 6.96. The highest BCUT2D eigenvalue weighted by Crippen LogP contribution is 2.34. The Morgan fingerprint density at radius 2 is 1.91 bits per heavy atom. The number of rotatable bonds is 9. The topological polar surface area (TPSA) is 89.6 Å². The highest BCUT2D eigenvalue weighted by molar-refractivity contribution is 8.00. The fourth-order valence-corrected chi connectivity index (χ4v) is 4.51. The Morgan fingerprint density at radius 3 is 2.66 bits per heavy atom. The van der Waals surface area contributed by atoms with Crippen LogP contribution in [0.1, 0.15) is 12.8 Å². The van der Waals surface area contributed by atoms with Crippen molar-refractivity contribution in [3.05, 3.63) is 47.8 Å². The molecule has 0 radical (unpaired) electrons. The van der Waals surface area contributed by atoms with Crippen LogP contribution < -0.4 is 20.1 Å². The smallest absolute Gasteiger partial charge is 0.236 e. The maximum absolute atomic E-state index is 12.4. The van der Waals surface area contributed by atoms with Gasteiger partial charge in [-0.2, -0.15) is 0 Å². The van der Waals surface area contributed by atoms with Crippen molar-refractivity contribution in [2.45, 2.75) is 17.7 Å². The fraction of sp³-hybridized carbons (Fsp3) is 0.261. The predicted molar refractivity (Wildman–Crippen MR) is 128 cm³/mol. The Hall–Kier alpha value is -3.04. The number of anilines is 2. The van der Waals surface area contributed by atoms with Crippen LogP contribution in [-0.4, -0.2) is 36.8 Å². The normalized spacial score (nSPS) is 12.8. The molecule has 1 aliphatic carbocycles. The summed E-state index contributed by atoms with van der Waals surface area (Å²) in [6.45, 7) is 0. The molecule has 9 heteroatoms. The molecular weight excluding hydrogens is 446 g/mol. The van der Waals surface area contributed by atoms with Crippen LogP contribution in [0.5, 0.6) is 11.5 Å². The molecule has 3 aromatic rings. The molecule has 32 heavy (non-hydrogen) atoms. The van der Waals surface area contributed by atoms with Crippen molar-refractivity contribution in [2.75, 3.05) is 30.6 Å². The first-order valence-corrected chi connectivity index (χ1v) is 11.9. The predicted octanol–water partition coefficient (Wildman–Crippen LogP) is 4.91. The second-order valence-corrected chi connectivity index (χ2v) is 9.14. The standard InChI is InChI=1S/C23H23N3O4S2/c1-29-19-9-8-15(10-20(19)30-2)18-12-32-23(25-18)26-21(27)13-31-17-5-3-4-16(11-17)24-22(28)14-6-7-14/h3-5,8-12,14H,6-7,13H2,1-2H3,(H,24,28)(H,25,26,27). The zero-order valence-electron chi connectivity index (χ0n) is 17.7. The van der Waals surface area contributed by atoms with E-state index in [1.54, 1.807) is 14.2 Å². The maximum atomic E-state index is 12.4. The Bertz CT molecular complexity index is 1130. The van der Waals surface area contributed by atoms with E-state index in [4.69, 9.17) is 9.47 Å². The van der Waals surface area contributed by atoms with Crippen molar-refractivity contribution >= 4 is 45.7 Å². The molecule has 166 valence electrons. The van der Waals surface area contributed by atoms with Gasteiger partial charge in [0.15, 0.2) is 16.6 Å². The highest BCUT2D eigenvalue weighted by atomic mass is 32.2. The van der Waals surface area contributed by atoms with Gasteiger partial charge in [0.05, 0.1) is 25.7 Å². The SMILES string of the molecule is COc1ccc(-c2csc(NC(=O)CSc3cccc(NC(=O)C4CC4)c3)n2)cc1OC. The van der Waals surface area contributed by atoms with Crippen LogP contribution in [0.4, 0.5) is 10.8 Å². The lowest BCUT2D eigenvalue weighted by Crippen LogP contribution is -2.14. The molecule has 2 aromatic carbocycles. The maximum Gasteiger partial charge on any atom is 0.236 e. The summed E-state index contributed by atoms with van der Waals surface area (Å²) >= 11 is 2.77. The van der Waals surface area contributed by atoms with Gasteiger partial charge in [0.1, 0.15) is 0 Å². The number of carbonyl (C=O) groups excluding carboxylic acids is 2. The van der Waals surface area contributed by atoms with Crippen molar-refractivity contribution < 1.29 is 19.1 Å². The summed E-state index contributed by atoms with van der Waals surface area (Å²) in [5, 5.41) is 8.19. The summed E-state index contributed by atoms with van der Waals surface area (Å²) in [7, 11) is 3.18. The molecule has 1 fully saturated rings. The van der Waals surface area contributed by atoms with Crippen LogP contribution in [0.2, 0.25) is 0 Å². The van der Waals surface area contributed by atoms with Gasteiger partial charge in [-0.1, -0.05) is 6.07 Å². The van der Waals surface area contributed by atoms with Gasteiger partial charge in [-0.3, -0.25) is 9.59 Å². The van der Waals surface area contributed by atoms with Gasteiger partial charge in [-0.25, -0.2) is 4.98 Å². The van der Waals surface area contributed by atoms with Gasteiger partial charge in [-0.05, 0) is 49.2 Å². The summed E-state index contributed by atoms with van der Waals surface area (Å²) in [6, 6.07) is 13.1. The number of amides is 2. The minimum Gasteiger partial charge on any atom is -0.493 e. The summed E-state index contributed by atoms with van der Waals surface area (Å²) in [5.74, 6) is 1.59. The molecule has 0 spiro atoms. The molecule has 1 saturated carbocycles. The van der Waals surface area contributed by atoms with Gasteiger partial charge < -0.3 is 20.1 Å². The first kappa shape index (κ1) is 22.2. The van der Waals surface area contributed by atoms with Crippen molar-refractivity contribution in [3.63, 3.8) is 0 Å². The summed E-state index contributed by atoms with van der Waals surface area (Å²) in [6.07, 6.45) is 1.93. The molecule has 0 unspecified atom stereocenters. The third-order valence-corrected chi connectivity index (χ3v) is 6.60. The number of ether oxygens (including phenoxy) is 2. The minimum atomic E-state index is -0.143. The van der Waals surface area contributed by atoms with Crippen molar-refractivity contribution in [2.24, 2.45) is 5.92 Å². The zero-order chi connectivity index (χ0) is 22.5. The van der Waals surface area contributed by atoms with E-state index in [-0.39, 0.29) is 23.5 Å². The summed E-state index contributed by atoms with van der Waals surface area (Å²) in [5.41, 5.74) is 2.38. The van der Waals surface area contributed by atoms with Gasteiger partial charge >= 0.3 is 0 Å². The number of methoxy groups -OCH3 is 2. The Balaban J connectivity index is 1.32. The molecule has 1 heterocycles. The van der Waals surface area contributed by atoms with Gasteiger partial charge in [0, 0.05) is 27.4 Å².